The van der Waals surface area contributed by atoms with Crippen molar-refractivity contribution >= 4 is 11.6 Å². The molecule has 2 rings (SSSR count). The maximum Gasteiger partial charge on any atom is 0.270 e. The summed E-state index contributed by atoms with van der Waals surface area (Å²) in [6.45, 7) is 1.75. The van der Waals surface area contributed by atoms with Crippen molar-refractivity contribution in [1.29, 1.82) is 0 Å². The Kier molecular flexibility index (Phi) is 1.96. The largest absolute Gasteiger partial charge is 0.397 e. The Labute approximate surface area is 76.7 Å². The van der Waals surface area contributed by atoms with Gasteiger partial charge in [0.1, 0.15) is 5.69 Å². The van der Waals surface area contributed by atoms with Gasteiger partial charge in [-0.3, -0.25) is 4.79 Å². The topological polar surface area (TPSA) is 62.1 Å². The van der Waals surface area contributed by atoms with Crippen LogP contribution in [0.3, 0.4) is 0 Å². The molecule has 1 aromatic heterocycles. The molecule has 0 saturated carbocycles. The molecule has 1 aromatic rings. The number of likely N-dealkylation sites (tertiary alicyclic amines) is 1. The van der Waals surface area contributed by atoms with Gasteiger partial charge in [0.25, 0.3) is 5.91 Å². The minimum atomic E-state index is 0.0641. The highest BCUT2D eigenvalue weighted by atomic mass is 16.2. The molecule has 0 aromatic carbocycles. The molecule has 1 fully saturated rings. The number of aromatic amines is 1. The van der Waals surface area contributed by atoms with E-state index >= 15 is 0 Å². The monoisotopic (exact) mass is 179 g/mol. The average Bonchev–Trinajstić information content (AvgIpc) is 2.72. The van der Waals surface area contributed by atoms with E-state index in [1.54, 1.807) is 12.3 Å². The molecular formula is C9H13N3O. The Morgan fingerprint density at radius 2 is 2.15 bits per heavy atom. The SMILES string of the molecule is Nc1c[nH]c(C(=O)N2CCCC2)c1. The zero-order valence-electron chi connectivity index (χ0n) is 7.42. The van der Waals surface area contributed by atoms with E-state index in [4.69, 9.17) is 5.73 Å². The fraction of sp³-hybridized carbons (Fsp3) is 0.444. The first-order valence-corrected chi connectivity index (χ1v) is 4.50. The number of nitrogens with one attached hydrogen (secondary N) is 1. The van der Waals surface area contributed by atoms with Crippen molar-refractivity contribution in [3.05, 3.63) is 18.0 Å². The van der Waals surface area contributed by atoms with Crippen molar-refractivity contribution in [3.8, 4) is 0 Å². The second-order valence-corrected chi connectivity index (χ2v) is 3.35. The number of H-pyrrole nitrogens is 1. The number of aromatic nitrogens is 1. The molecule has 1 aliphatic rings. The number of rotatable bonds is 1. The summed E-state index contributed by atoms with van der Waals surface area (Å²) in [5, 5.41) is 0. The number of carbonyl (C=O) groups is 1. The summed E-state index contributed by atoms with van der Waals surface area (Å²) in [6, 6.07) is 1.68. The van der Waals surface area contributed by atoms with Gasteiger partial charge in [-0.15, -0.1) is 0 Å². The minimum Gasteiger partial charge on any atom is -0.397 e. The average molecular weight is 179 g/mol. The smallest absolute Gasteiger partial charge is 0.270 e. The number of amides is 1. The summed E-state index contributed by atoms with van der Waals surface area (Å²) in [5.41, 5.74) is 6.72. The van der Waals surface area contributed by atoms with Crippen molar-refractivity contribution in [2.24, 2.45) is 0 Å². The van der Waals surface area contributed by atoms with Gasteiger partial charge >= 0.3 is 0 Å². The van der Waals surface area contributed by atoms with E-state index in [1.165, 1.54) is 0 Å². The Hall–Kier alpha value is -1.45. The molecule has 4 nitrogen and oxygen atoms in total. The highest BCUT2D eigenvalue weighted by Crippen LogP contribution is 2.13. The molecule has 0 unspecified atom stereocenters. The predicted molar refractivity (Wildman–Crippen MR) is 50.3 cm³/mol. The van der Waals surface area contributed by atoms with Crippen LogP contribution in [-0.2, 0) is 0 Å². The summed E-state index contributed by atoms with van der Waals surface area (Å²) in [7, 11) is 0. The molecule has 0 bridgehead atoms. The molecule has 4 heteroatoms. The first-order valence-electron chi connectivity index (χ1n) is 4.50. The van der Waals surface area contributed by atoms with Crippen molar-refractivity contribution in [1.82, 2.24) is 9.88 Å². The van der Waals surface area contributed by atoms with Gasteiger partial charge in [0.15, 0.2) is 0 Å². The summed E-state index contributed by atoms with van der Waals surface area (Å²) >= 11 is 0. The molecule has 2 heterocycles. The predicted octanol–water partition coefficient (Wildman–Crippen LogP) is 0.833. The quantitative estimate of drug-likeness (QED) is 0.670. The second kappa shape index (κ2) is 3.12. The van der Waals surface area contributed by atoms with Crippen LogP contribution in [0.5, 0.6) is 0 Å². The Morgan fingerprint density at radius 3 is 2.69 bits per heavy atom. The highest BCUT2D eigenvalue weighted by Gasteiger charge is 2.20. The van der Waals surface area contributed by atoms with E-state index < -0.39 is 0 Å². The fourth-order valence-corrected chi connectivity index (χ4v) is 1.63. The minimum absolute atomic E-state index is 0.0641. The van der Waals surface area contributed by atoms with Crippen LogP contribution in [0.1, 0.15) is 23.3 Å². The number of hydrogen-bond acceptors (Lipinski definition) is 2. The van der Waals surface area contributed by atoms with Crippen LogP contribution in [0.15, 0.2) is 12.3 Å². The number of nitrogens with zero attached hydrogens (tertiary/aromatic N) is 1. The van der Waals surface area contributed by atoms with Crippen LogP contribution in [0.4, 0.5) is 5.69 Å². The Morgan fingerprint density at radius 1 is 1.46 bits per heavy atom. The van der Waals surface area contributed by atoms with Gasteiger partial charge in [0.05, 0.1) is 0 Å². The lowest BCUT2D eigenvalue weighted by Crippen LogP contribution is -2.27. The van der Waals surface area contributed by atoms with E-state index in [2.05, 4.69) is 4.98 Å². The summed E-state index contributed by atoms with van der Waals surface area (Å²) in [6.07, 6.45) is 3.87. The van der Waals surface area contributed by atoms with E-state index in [0.29, 0.717) is 11.4 Å². The fourth-order valence-electron chi connectivity index (χ4n) is 1.63. The molecule has 1 saturated heterocycles. The van der Waals surface area contributed by atoms with Gasteiger partial charge in [-0.25, -0.2) is 0 Å². The van der Waals surface area contributed by atoms with Crippen molar-refractivity contribution in [2.45, 2.75) is 12.8 Å². The van der Waals surface area contributed by atoms with Gasteiger partial charge in [0.2, 0.25) is 0 Å². The molecule has 3 N–H and O–H groups in total. The summed E-state index contributed by atoms with van der Waals surface area (Å²) < 4.78 is 0. The third-order valence-corrected chi connectivity index (χ3v) is 2.33. The number of nitrogens with two attached hydrogens (primary N) is 1. The van der Waals surface area contributed by atoms with Crippen LogP contribution in [0, 0.1) is 0 Å². The molecule has 70 valence electrons. The lowest BCUT2D eigenvalue weighted by atomic mass is 10.3. The van der Waals surface area contributed by atoms with Gasteiger partial charge in [-0.1, -0.05) is 0 Å². The third kappa shape index (κ3) is 1.52. The van der Waals surface area contributed by atoms with Crippen LogP contribution >= 0.6 is 0 Å². The van der Waals surface area contributed by atoms with Crippen LogP contribution < -0.4 is 5.73 Å². The van der Waals surface area contributed by atoms with Crippen molar-refractivity contribution < 1.29 is 4.79 Å². The zero-order chi connectivity index (χ0) is 9.26. The highest BCUT2D eigenvalue weighted by molar-refractivity contribution is 5.93. The van der Waals surface area contributed by atoms with Gasteiger partial charge in [0, 0.05) is 25.0 Å². The van der Waals surface area contributed by atoms with E-state index in [-0.39, 0.29) is 5.91 Å². The molecule has 0 spiro atoms. The van der Waals surface area contributed by atoms with Crippen molar-refractivity contribution in [3.63, 3.8) is 0 Å². The summed E-state index contributed by atoms with van der Waals surface area (Å²) in [4.78, 5) is 16.4. The molecule has 1 amide bonds. The maximum absolute atomic E-state index is 11.7. The number of anilines is 1. The van der Waals surface area contributed by atoms with E-state index in [1.807, 2.05) is 4.90 Å². The second-order valence-electron chi connectivity index (χ2n) is 3.35. The number of nitrogen functional groups attached to an aromatic ring is 1. The van der Waals surface area contributed by atoms with Crippen LogP contribution in [0.25, 0.3) is 0 Å². The van der Waals surface area contributed by atoms with Crippen molar-refractivity contribution in [2.75, 3.05) is 18.8 Å². The maximum atomic E-state index is 11.7. The molecule has 0 aliphatic carbocycles. The molecule has 13 heavy (non-hydrogen) atoms. The number of hydrogen-bond donors (Lipinski definition) is 2. The number of carbonyl (C=O) groups excluding carboxylic acids is 1. The van der Waals surface area contributed by atoms with E-state index in [9.17, 15) is 4.79 Å². The van der Waals surface area contributed by atoms with Gasteiger partial charge in [-0.05, 0) is 18.9 Å². The molecule has 0 radical (unpaired) electrons. The van der Waals surface area contributed by atoms with E-state index in [0.717, 1.165) is 25.9 Å². The van der Waals surface area contributed by atoms with Gasteiger partial charge < -0.3 is 15.6 Å². The molecular weight excluding hydrogens is 166 g/mol. The standard InChI is InChI=1S/C9H13N3O/c10-7-5-8(11-6-7)9(13)12-3-1-2-4-12/h5-6,11H,1-4,10H2. The molecule has 0 atom stereocenters. The lowest BCUT2D eigenvalue weighted by Gasteiger charge is -2.13. The zero-order valence-corrected chi connectivity index (χ0v) is 7.42. The van der Waals surface area contributed by atoms with Gasteiger partial charge in [-0.2, -0.15) is 0 Å². The Balaban J connectivity index is 2.12. The molecule has 1 aliphatic heterocycles. The Bertz CT molecular complexity index is 312. The summed E-state index contributed by atoms with van der Waals surface area (Å²) in [5.74, 6) is 0.0641. The van der Waals surface area contributed by atoms with Crippen LogP contribution in [0.2, 0.25) is 0 Å². The normalized spacial score (nSPS) is 16.5. The first-order chi connectivity index (χ1) is 6.27. The first kappa shape index (κ1) is 8.16. The lowest BCUT2D eigenvalue weighted by molar-refractivity contribution is 0.0788. The van der Waals surface area contributed by atoms with Crippen LogP contribution in [-0.4, -0.2) is 28.9 Å². The third-order valence-electron chi connectivity index (χ3n) is 2.33.